The Balaban J connectivity index is 1.81. The van der Waals surface area contributed by atoms with Gasteiger partial charge in [0.15, 0.2) is 11.5 Å². The van der Waals surface area contributed by atoms with Gasteiger partial charge in [0.05, 0.1) is 13.7 Å². The van der Waals surface area contributed by atoms with Gasteiger partial charge < -0.3 is 19.5 Å². The zero-order valence-corrected chi connectivity index (χ0v) is 14.2. The van der Waals surface area contributed by atoms with E-state index in [1.54, 1.807) is 37.4 Å². The number of nitrogens with one attached hydrogen (secondary N) is 1. The molecule has 0 unspecified atom stereocenters. The maximum Gasteiger partial charge on any atom is 0.387 e. The molecule has 0 fully saturated rings. The molecule has 26 heavy (non-hydrogen) atoms. The fraction of sp³-hybridized carbons (Fsp3) is 0.211. The van der Waals surface area contributed by atoms with Crippen LogP contribution < -0.4 is 19.5 Å². The molecule has 1 amide bonds. The van der Waals surface area contributed by atoms with E-state index in [1.165, 1.54) is 18.2 Å². The fourth-order valence-electron chi connectivity index (χ4n) is 2.12. The topological polar surface area (TPSA) is 56.8 Å². The number of hydrogen-bond acceptors (Lipinski definition) is 4. The van der Waals surface area contributed by atoms with Crippen LogP contribution in [0, 0.1) is 0 Å². The molecular formula is C19H19F2NO4. The first-order chi connectivity index (χ1) is 12.6. The van der Waals surface area contributed by atoms with E-state index in [4.69, 9.17) is 9.47 Å². The van der Waals surface area contributed by atoms with Gasteiger partial charge in [-0.1, -0.05) is 30.3 Å². The summed E-state index contributed by atoms with van der Waals surface area (Å²) >= 11 is 0. The molecule has 0 bridgehead atoms. The van der Waals surface area contributed by atoms with Crippen LogP contribution in [-0.4, -0.2) is 32.8 Å². The summed E-state index contributed by atoms with van der Waals surface area (Å²) in [7, 11) is 1.55. The number of amides is 1. The quantitative estimate of drug-likeness (QED) is 0.547. The van der Waals surface area contributed by atoms with Gasteiger partial charge in [-0.3, -0.25) is 4.79 Å². The SMILES string of the molecule is COc1ccccc1OCCNC(=O)/C=C/c1ccccc1OC(F)F. The second kappa shape index (κ2) is 10.0. The van der Waals surface area contributed by atoms with E-state index in [-0.39, 0.29) is 24.8 Å². The Bertz CT molecular complexity index is 750. The predicted octanol–water partition coefficient (Wildman–Crippen LogP) is 3.51. The van der Waals surface area contributed by atoms with Crippen LogP contribution in [-0.2, 0) is 4.79 Å². The molecular weight excluding hydrogens is 344 g/mol. The van der Waals surface area contributed by atoms with Crippen molar-refractivity contribution in [2.75, 3.05) is 20.3 Å². The largest absolute Gasteiger partial charge is 0.493 e. The van der Waals surface area contributed by atoms with Gasteiger partial charge in [-0.2, -0.15) is 8.78 Å². The highest BCUT2D eigenvalue weighted by Crippen LogP contribution is 2.25. The van der Waals surface area contributed by atoms with E-state index in [0.29, 0.717) is 17.1 Å². The van der Waals surface area contributed by atoms with Gasteiger partial charge >= 0.3 is 6.61 Å². The molecule has 0 heterocycles. The van der Waals surface area contributed by atoms with Crippen LogP contribution >= 0.6 is 0 Å². The third kappa shape index (κ3) is 6.08. The Morgan fingerprint density at radius 1 is 1.08 bits per heavy atom. The van der Waals surface area contributed by atoms with Crippen molar-refractivity contribution in [3.05, 3.63) is 60.2 Å². The molecule has 0 aliphatic carbocycles. The highest BCUT2D eigenvalue weighted by atomic mass is 19.3. The van der Waals surface area contributed by atoms with Gasteiger partial charge in [-0.05, 0) is 24.3 Å². The molecule has 0 saturated carbocycles. The predicted molar refractivity (Wildman–Crippen MR) is 93.6 cm³/mol. The molecule has 2 rings (SSSR count). The van der Waals surface area contributed by atoms with Gasteiger partial charge in [0.25, 0.3) is 0 Å². The van der Waals surface area contributed by atoms with Gasteiger partial charge in [0.2, 0.25) is 5.91 Å². The molecule has 0 atom stereocenters. The summed E-state index contributed by atoms with van der Waals surface area (Å²) in [5, 5.41) is 2.64. The summed E-state index contributed by atoms with van der Waals surface area (Å²) in [5.74, 6) is 0.818. The number of carbonyl (C=O) groups is 1. The molecule has 138 valence electrons. The molecule has 0 aliphatic rings. The van der Waals surface area contributed by atoms with Gasteiger partial charge in [-0.25, -0.2) is 0 Å². The number of rotatable bonds is 9. The first-order valence-corrected chi connectivity index (χ1v) is 7.85. The number of alkyl halides is 2. The minimum atomic E-state index is -2.93. The summed E-state index contributed by atoms with van der Waals surface area (Å²) < 4.78 is 39.8. The smallest absolute Gasteiger partial charge is 0.387 e. The lowest BCUT2D eigenvalue weighted by atomic mass is 10.2. The van der Waals surface area contributed by atoms with Crippen LogP contribution in [0.25, 0.3) is 6.08 Å². The van der Waals surface area contributed by atoms with E-state index in [1.807, 2.05) is 12.1 Å². The Morgan fingerprint density at radius 3 is 2.42 bits per heavy atom. The Labute approximate surface area is 150 Å². The Kier molecular flexibility index (Phi) is 7.42. The van der Waals surface area contributed by atoms with Crippen molar-refractivity contribution in [2.45, 2.75) is 6.61 Å². The lowest BCUT2D eigenvalue weighted by Gasteiger charge is -2.10. The first kappa shape index (κ1) is 19.2. The molecule has 2 aromatic rings. The molecule has 0 radical (unpaired) electrons. The highest BCUT2D eigenvalue weighted by molar-refractivity contribution is 5.92. The zero-order valence-electron chi connectivity index (χ0n) is 14.2. The lowest BCUT2D eigenvalue weighted by Crippen LogP contribution is -2.26. The molecule has 1 N–H and O–H groups in total. The standard InChI is InChI=1S/C19H19F2NO4/c1-24-16-8-4-5-9-17(16)25-13-12-22-18(23)11-10-14-6-2-3-7-15(14)26-19(20)21/h2-11,19H,12-13H2,1H3,(H,22,23)/b11-10+. The number of carbonyl (C=O) groups excluding carboxylic acids is 1. The Morgan fingerprint density at radius 2 is 1.73 bits per heavy atom. The third-order valence-corrected chi connectivity index (χ3v) is 3.28. The summed E-state index contributed by atoms with van der Waals surface area (Å²) in [5.41, 5.74) is 0.383. The van der Waals surface area contributed by atoms with E-state index in [0.717, 1.165) is 0 Å². The number of para-hydroxylation sites is 3. The molecule has 7 heteroatoms. The number of hydrogen-bond donors (Lipinski definition) is 1. The van der Waals surface area contributed by atoms with Crippen molar-refractivity contribution >= 4 is 12.0 Å². The van der Waals surface area contributed by atoms with Gasteiger partial charge in [0, 0.05) is 11.6 Å². The van der Waals surface area contributed by atoms with Crippen molar-refractivity contribution in [3.8, 4) is 17.2 Å². The molecule has 0 aliphatic heterocycles. The molecule has 0 saturated heterocycles. The lowest BCUT2D eigenvalue weighted by molar-refractivity contribution is -0.116. The maximum atomic E-state index is 12.4. The highest BCUT2D eigenvalue weighted by Gasteiger charge is 2.07. The van der Waals surface area contributed by atoms with Crippen LogP contribution in [0.15, 0.2) is 54.6 Å². The average molecular weight is 363 g/mol. The number of halogens is 2. The second-order valence-electron chi connectivity index (χ2n) is 5.04. The van der Waals surface area contributed by atoms with E-state index in [2.05, 4.69) is 10.1 Å². The van der Waals surface area contributed by atoms with Gasteiger partial charge in [0.1, 0.15) is 12.4 Å². The normalized spacial score (nSPS) is 10.8. The van der Waals surface area contributed by atoms with Crippen LogP contribution in [0.1, 0.15) is 5.56 Å². The summed E-state index contributed by atoms with van der Waals surface area (Å²) in [6.07, 6.45) is 2.66. The van der Waals surface area contributed by atoms with Crippen molar-refractivity contribution in [3.63, 3.8) is 0 Å². The van der Waals surface area contributed by atoms with E-state index < -0.39 is 6.61 Å². The third-order valence-electron chi connectivity index (χ3n) is 3.28. The molecule has 0 spiro atoms. The van der Waals surface area contributed by atoms with Crippen LogP contribution in [0.2, 0.25) is 0 Å². The molecule has 0 aromatic heterocycles. The van der Waals surface area contributed by atoms with Crippen LogP contribution in [0.3, 0.4) is 0 Å². The number of ether oxygens (including phenoxy) is 3. The fourth-order valence-corrected chi connectivity index (χ4v) is 2.12. The van der Waals surface area contributed by atoms with Crippen LogP contribution in [0.5, 0.6) is 17.2 Å². The molecule has 5 nitrogen and oxygen atoms in total. The van der Waals surface area contributed by atoms with Gasteiger partial charge in [-0.15, -0.1) is 0 Å². The zero-order chi connectivity index (χ0) is 18.8. The van der Waals surface area contributed by atoms with E-state index in [9.17, 15) is 13.6 Å². The number of benzene rings is 2. The second-order valence-corrected chi connectivity index (χ2v) is 5.04. The Hall–Kier alpha value is -3.09. The van der Waals surface area contributed by atoms with Crippen molar-refractivity contribution in [2.24, 2.45) is 0 Å². The maximum absolute atomic E-state index is 12.4. The minimum absolute atomic E-state index is 0.00561. The summed E-state index contributed by atoms with van der Waals surface area (Å²) in [4.78, 5) is 11.8. The van der Waals surface area contributed by atoms with Crippen LogP contribution in [0.4, 0.5) is 8.78 Å². The number of methoxy groups -OCH3 is 1. The average Bonchev–Trinajstić information content (AvgIpc) is 2.64. The van der Waals surface area contributed by atoms with Crippen molar-refractivity contribution in [1.29, 1.82) is 0 Å². The minimum Gasteiger partial charge on any atom is -0.493 e. The monoisotopic (exact) mass is 363 g/mol. The first-order valence-electron chi connectivity index (χ1n) is 7.85. The van der Waals surface area contributed by atoms with E-state index >= 15 is 0 Å². The molecule has 2 aromatic carbocycles. The summed E-state index contributed by atoms with van der Waals surface area (Å²) in [6, 6.07) is 13.4. The van der Waals surface area contributed by atoms with Crippen molar-refractivity contribution in [1.82, 2.24) is 5.32 Å². The van der Waals surface area contributed by atoms with Crippen molar-refractivity contribution < 1.29 is 27.8 Å². The summed E-state index contributed by atoms with van der Waals surface area (Å²) in [6.45, 7) is -2.40.